The zero-order chi connectivity index (χ0) is 20.6. The van der Waals surface area contributed by atoms with Crippen molar-refractivity contribution in [1.82, 2.24) is 20.1 Å². The van der Waals surface area contributed by atoms with Gasteiger partial charge in [0, 0.05) is 18.2 Å². The number of aromatic nitrogens is 3. The SMILES string of the molecule is C#CC1N2CCC(CC2)[C@@]1(O)c1ccc(-c2cccnn2)nc1Cc1ccccc1. The van der Waals surface area contributed by atoms with Crippen LogP contribution in [-0.4, -0.2) is 44.3 Å². The summed E-state index contributed by atoms with van der Waals surface area (Å²) in [6, 6.07) is 17.6. The lowest BCUT2D eigenvalue weighted by molar-refractivity contribution is -0.143. The van der Waals surface area contributed by atoms with Gasteiger partial charge in [-0.05, 0) is 55.6 Å². The number of pyridine rings is 1. The highest BCUT2D eigenvalue weighted by atomic mass is 16.3. The van der Waals surface area contributed by atoms with E-state index < -0.39 is 5.60 Å². The predicted molar refractivity (Wildman–Crippen MR) is 115 cm³/mol. The van der Waals surface area contributed by atoms with Gasteiger partial charge >= 0.3 is 0 Å². The van der Waals surface area contributed by atoms with Gasteiger partial charge in [0.15, 0.2) is 0 Å². The molecule has 3 saturated heterocycles. The van der Waals surface area contributed by atoms with Crippen molar-refractivity contribution < 1.29 is 5.11 Å². The summed E-state index contributed by atoms with van der Waals surface area (Å²) in [4.78, 5) is 7.20. The van der Waals surface area contributed by atoms with Crippen LogP contribution in [0, 0.1) is 18.3 Å². The van der Waals surface area contributed by atoms with Crippen molar-refractivity contribution in [3.8, 4) is 23.7 Å². The molecule has 2 bridgehead atoms. The van der Waals surface area contributed by atoms with Crippen LogP contribution >= 0.6 is 0 Å². The van der Waals surface area contributed by atoms with E-state index in [4.69, 9.17) is 11.4 Å². The number of rotatable bonds is 4. The summed E-state index contributed by atoms with van der Waals surface area (Å²) < 4.78 is 0. The highest BCUT2D eigenvalue weighted by Gasteiger charge is 2.54. The second-order valence-corrected chi connectivity index (χ2v) is 8.17. The summed E-state index contributed by atoms with van der Waals surface area (Å²) in [6.07, 6.45) is 10.1. The first-order valence-electron chi connectivity index (χ1n) is 10.4. The molecular formula is C25H24N4O. The molecule has 150 valence electrons. The van der Waals surface area contributed by atoms with Gasteiger partial charge in [0.25, 0.3) is 0 Å². The van der Waals surface area contributed by atoms with Crippen LogP contribution in [0.1, 0.15) is 29.7 Å². The lowest BCUT2D eigenvalue weighted by Crippen LogP contribution is -2.63. The van der Waals surface area contributed by atoms with Crippen LogP contribution in [0.4, 0.5) is 0 Å². The summed E-state index contributed by atoms with van der Waals surface area (Å²) in [5.41, 5.74) is 3.21. The fourth-order valence-corrected chi connectivity index (χ4v) is 5.07. The molecule has 1 aromatic carbocycles. The van der Waals surface area contributed by atoms with Crippen LogP contribution in [-0.2, 0) is 12.0 Å². The molecule has 0 saturated carbocycles. The van der Waals surface area contributed by atoms with E-state index >= 15 is 0 Å². The third-order valence-corrected chi connectivity index (χ3v) is 6.55. The zero-order valence-electron chi connectivity index (χ0n) is 16.8. The Morgan fingerprint density at radius 2 is 1.83 bits per heavy atom. The summed E-state index contributed by atoms with van der Waals surface area (Å²) >= 11 is 0. The molecule has 6 rings (SSSR count). The fourth-order valence-electron chi connectivity index (χ4n) is 5.07. The van der Waals surface area contributed by atoms with E-state index in [0.717, 1.165) is 48.4 Å². The molecule has 2 aromatic heterocycles. The molecule has 3 aliphatic rings. The Kier molecular flexibility index (Phi) is 4.82. The van der Waals surface area contributed by atoms with E-state index in [1.165, 1.54) is 0 Å². The largest absolute Gasteiger partial charge is 0.382 e. The number of fused-ring (bicyclic) bond motifs is 3. The topological polar surface area (TPSA) is 62.1 Å². The van der Waals surface area contributed by atoms with Crippen LogP contribution in [0.25, 0.3) is 11.4 Å². The van der Waals surface area contributed by atoms with Gasteiger partial charge in [0.05, 0.1) is 11.4 Å². The van der Waals surface area contributed by atoms with Crippen LogP contribution in [0.15, 0.2) is 60.8 Å². The van der Waals surface area contributed by atoms with Crippen molar-refractivity contribution in [3.63, 3.8) is 0 Å². The van der Waals surface area contributed by atoms with Gasteiger partial charge in [-0.15, -0.1) is 11.5 Å². The first kappa shape index (κ1) is 18.9. The minimum atomic E-state index is -1.09. The Labute approximate surface area is 176 Å². The van der Waals surface area contributed by atoms with Crippen LogP contribution in [0.5, 0.6) is 0 Å². The zero-order valence-corrected chi connectivity index (χ0v) is 16.8. The minimum absolute atomic E-state index is 0.141. The van der Waals surface area contributed by atoms with Crippen LogP contribution in [0.2, 0.25) is 0 Å². The maximum Gasteiger partial charge on any atom is 0.121 e. The van der Waals surface area contributed by atoms with Gasteiger partial charge in [-0.3, -0.25) is 9.88 Å². The number of terminal acetylenes is 1. The number of piperidine rings is 3. The maximum atomic E-state index is 12.1. The summed E-state index contributed by atoms with van der Waals surface area (Å²) in [7, 11) is 0. The second kappa shape index (κ2) is 7.64. The molecule has 5 heteroatoms. The quantitative estimate of drug-likeness (QED) is 0.687. The van der Waals surface area contributed by atoms with Crippen molar-refractivity contribution in [3.05, 3.63) is 77.6 Å². The second-order valence-electron chi connectivity index (χ2n) is 8.17. The van der Waals surface area contributed by atoms with Gasteiger partial charge in [0.2, 0.25) is 0 Å². The van der Waals surface area contributed by atoms with E-state index in [2.05, 4.69) is 33.2 Å². The monoisotopic (exact) mass is 396 g/mol. The van der Waals surface area contributed by atoms with Gasteiger partial charge in [-0.2, -0.15) is 5.10 Å². The lowest BCUT2D eigenvalue weighted by atomic mass is 9.66. The van der Waals surface area contributed by atoms with Crippen molar-refractivity contribution >= 4 is 0 Å². The molecule has 0 radical (unpaired) electrons. The summed E-state index contributed by atoms with van der Waals surface area (Å²) in [5.74, 6) is 3.03. The van der Waals surface area contributed by atoms with Crippen LogP contribution in [0.3, 0.4) is 0 Å². The Balaban J connectivity index is 1.65. The van der Waals surface area contributed by atoms with E-state index in [1.54, 1.807) is 6.20 Å². The maximum absolute atomic E-state index is 12.1. The average Bonchev–Trinajstić information content (AvgIpc) is 2.81. The summed E-state index contributed by atoms with van der Waals surface area (Å²) in [5, 5.41) is 20.3. The predicted octanol–water partition coefficient (Wildman–Crippen LogP) is 3.04. The lowest BCUT2D eigenvalue weighted by Gasteiger charge is -2.54. The molecule has 0 aliphatic carbocycles. The highest BCUT2D eigenvalue weighted by Crippen LogP contribution is 2.47. The highest BCUT2D eigenvalue weighted by molar-refractivity contribution is 5.55. The smallest absolute Gasteiger partial charge is 0.121 e. The molecule has 5 heterocycles. The molecule has 0 amide bonds. The molecular weight excluding hydrogens is 372 g/mol. The average molecular weight is 396 g/mol. The Bertz CT molecular complexity index is 1070. The number of aliphatic hydroxyl groups is 1. The normalized spacial score (nSPS) is 27.5. The third kappa shape index (κ3) is 3.09. The number of hydrogen-bond donors (Lipinski definition) is 1. The Morgan fingerprint density at radius 1 is 1.03 bits per heavy atom. The van der Waals surface area contributed by atoms with Crippen molar-refractivity contribution in [2.75, 3.05) is 13.1 Å². The van der Waals surface area contributed by atoms with E-state index in [0.29, 0.717) is 12.1 Å². The molecule has 3 aliphatic heterocycles. The molecule has 1 N–H and O–H groups in total. The number of hydrogen-bond acceptors (Lipinski definition) is 5. The minimum Gasteiger partial charge on any atom is -0.382 e. The summed E-state index contributed by atoms with van der Waals surface area (Å²) in [6.45, 7) is 1.89. The molecule has 5 nitrogen and oxygen atoms in total. The van der Waals surface area contributed by atoms with Gasteiger partial charge in [-0.1, -0.05) is 42.3 Å². The fraction of sp³-hybridized carbons (Fsp3) is 0.320. The molecule has 3 aromatic rings. The van der Waals surface area contributed by atoms with Crippen molar-refractivity contribution in [2.45, 2.75) is 30.9 Å². The van der Waals surface area contributed by atoms with Crippen molar-refractivity contribution in [1.29, 1.82) is 0 Å². The van der Waals surface area contributed by atoms with E-state index in [-0.39, 0.29) is 12.0 Å². The van der Waals surface area contributed by atoms with Gasteiger partial charge < -0.3 is 5.11 Å². The molecule has 30 heavy (non-hydrogen) atoms. The van der Waals surface area contributed by atoms with Crippen LogP contribution < -0.4 is 0 Å². The first-order chi connectivity index (χ1) is 14.7. The van der Waals surface area contributed by atoms with E-state index in [9.17, 15) is 5.11 Å². The number of benzene rings is 1. The molecule has 3 fully saturated rings. The van der Waals surface area contributed by atoms with Crippen molar-refractivity contribution in [2.24, 2.45) is 5.92 Å². The third-order valence-electron chi connectivity index (χ3n) is 6.55. The first-order valence-corrected chi connectivity index (χ1v) is 10.4. The van der Waals surface area contributed by atoms with Gasteiger partial charge in [-0.25, -0.2) is 0 Å². The molecule has 0 spiro atoms. The number of nitrogens with zero attached hydrogens (tertiary/aromatic N) is 4. The molecule has 2 atom stereocenters. The van der Waals surface area contributed by atoms with E-state index in [1.807, 2.05) is 42.5 Å². The Morgan fingerprint density at radius 3 is 2.53 bits per heavy atom. The molecule has 1 unspecified atom stereocenters. The van der Waals surface area contributed by atoms with Gasteiger partial charge in [0.1, 0.15) is 17.3 Å². The Hall–Kier alpha value is -3.07. The standard InChI is InChI=1S/C25H24N4O/c1-2-24-25(30,19-12-15-29(24)16-13-19)20-10-11-21(22-9-6-14-26-28-22)27-23(20)17-18-7-4-3-5-8-18/h1,3-11,14,19,24,30H,12-13,15-17H2/t24?,25-/m1/s1.